The summed E-state index contributed by atoms with van der Waals surface area (Å²) in [4.78, 5) is 25.5. The molecule has 1 atom stereocenters. The summed E-state index contributed by atoms with van der Waals surface area (Å²) in [6.07, 6.45) is 10.6. The molecule has 0 spiro atoms. The first-order valence-electron chi connectivity index (χ1n) is 10.2. The van der Waals surface area contributed by atoms with Crippen LogP contribution >= 0.6 is 0 Å². The van der Waals surface area contributed by atoms with Crippen molar-refractivity contribution in [3.05, 3.63) is 23.7 Å². The molecule has 1 unspecified atom stereocenters. The molecule has 0 bridgehead atoms. The van der Waals surface area contributed by atoms with Crippen molar-refractivity contribution < 1.29 is 9.90 Å². The second-order valence-corrected chi connectivity index (χ2v) is 8.96. The summed E-state index contributed by atoms with van der Waals surface area (Å²) in [6, 6.07) is 0. The highest BCUT2D eigenvalue weighted by atomic mass is 16.3. The average molecular weight is 370 g/mol. The quantitative estimate of drug-likeness (QED) is 0.661. The highest BCUT2D eigenvalue weighted by Gasteiger charge is 2.47. The molecule has 0 aromatic carbocycles. The van der Waals surface area contributed by atoms with Gasteiger partial charge in [-0.1, -0.05) is 26.2 Å². The SMILES string of the molecule is CCCC(CC1CC1)(NC(=O)c1c[nH]c2ncc(C3CC3)nc12)C(C)(C)O. The minimum Gasteiger partial charge on any atom is -0.388 e. The van der Waals surface area contributed by atoms with E-state index in [4.69, 9.17) is 4.98 Å². The van der Waals surface area contributed by atoms with Crippen molar-refractivity contribution in [2.45, 2.75) is 82.8 Å². The maximum absolute atomic E-state index is 13.2. The Morgan fingerprint density at radius 2 is 2.07 bits per heavy atom. The van der Waals surface area contributed by atoms with Crippen LogP contribution in [-0.4, -0.2) is 37.1 Å². The first-order valence-corrected chi connectivity index (χ1v) is 10.2. The topological polar surface area (TPSA) is 90.9 Å². The van der Waals surface area contributed by atoms with E-state index in [0.29, 0.717) is 28.6 Å². The molecule has 2 saturated carbocycles. The maximum atomic E-state index is 13.2. The molecule has 1 amide bonds. The van der Waals surface area contributed by atoms with Gasteiger partial charge in [0.1, 0.15) is 5.52 Å². The van der Waals surface area contributed by atoms with E-state index in [1.54, 1.807) is 6.20 Å². The predicted molar refractivity (Wildman–Crippen MR) is 105 cm³/mol. The Morgan fingerprint density at radius 3 is 2.67 bits per heavy atom. The fraction of sp³-hybridized carbons (Fsp3) is 0.667. The molecule has 6 heteroatoms. The zero-order chi connectivity index (χ0) is 19.2. The fourth-order valence-electron chi connectivity index (χ4n) is 4.10. The lowest BCUT2D eigenvalue weighted by Crippen LogP contribution is -2.62. The first-order chi connectivity index (χ1) is 12.8. The van der Waals surface area contributed by atoms with Crippen molar-refractivity contribution in [1.29, 1.82) is 0 Å². The zero-order valence-corrected chi connectivity index (χ0v) is 16.5. The average Bonchev–Trinajstić information content (AvgIpc) is 3.52. The van der Waals surface area contributed by atoms with E-state index in [-0.39, 0.29) is 5.91 Å². The Labute approximate surface area is 160 Å². The standard InChI is InChI=1S/C21H30N4O2/c1-4-9-21(20(2,3)27,10-13-5-6-13)25-19(26)15-11-22-18-17(15)24-16(12-23-18)14-7-8-14/h11-14,27H,4-10H2,1-3H3,(H,22,23)(H,25,26). The Bertz CT molecular complexity index is 845. The van der Waals surface area contributed by atoms with Crippen LogP contribution in [0.2, 0.25) is 0 Å². The van der Waals surface area contributed by atoms with Gasteiger partial charge in [-0.2, -0.15) is 0 Å². The molecule has 0 aliphatic heterocycles. The van der Waals surface area contributed by atoms with Gasteiger partial charge in [-0.05, 0) is 45.4 Å². The van der Waals surface area contributed by atoms with E-state index in [1.807, 2.05) is 20.0 Å². The van der Waals surface area contributed by atoms with Gasteiger partial charge < -0.3 is 15.4 Å². The molecule has 4 rings (SSSR count). The molecule has 2 aliphatic rings. The van der Waals surface area contributed by atoms with Crippen LogP contribution in [0.3, 0.4) is 0 Å². The Morgan fingerprint density at radius 1 is 1.33 bits per heavy atom. The van der Waals surface area contributed by atoms with Crippen LogP contribution in [0.25, 0.3) is 11.2 Å². The van der Waals surface area contributed by atoms with E-state index < -0.39 is 11.1 Å². The smallest absolute Gasteiger partial charge is 0.255 e. The molecule has 2 fully saturated rings. The number of amides is 1. The summed E-state index contributed by atoms with van der Waals surface area (Å²) in [7, 11) is 0. The number of rotatable bonds is 8. The van der Waals surface area contributed by atoms with E-state index in [2.05, 4.69) is 22.2 Å². The minimum atomic E-state index is -1.00. The summed E-state index contributed by atoms with van der Waals surface area (Å²) in [5.41, 5.74) is 1.11. The van der Waals surface area contributed by atoms with Crippen LogP contribution in [-0.2, 0) is 0 Å². The highest BCUT2D eigenvalue weighted by molar-refractivity contribution is 6.04. The van der Waals surface area contributed by atoms with Gasteiger partial charge in [0, 0.05) is 12.1 Å². The molecular formula is C21H30N4O2. The summed E-state index contributed by atoms with van der Waals surface area (Å²) < 4.78 is 0. The van der Waals surface area contributed by atoms with Gasteiger partial charge in [-0.15, -0.1) is 0 Å². The number of hydrogen-bond acceptors (Lipinski definition) is 4. The third kappa shape index (κ3) is 3.59. The van der Waals surface area contributed by atoms with Crippen LogP contribution in [0.1, 0.15) is 87.7 Å². The largest absolute Gasteiger partial charge is 0.388 e. The van der Waals surface area contributed by atoms with Crippen LogP contribution < -0.4 is 5.32 Å². The van der Waals surface area contributed by atoms with Crippen LogP contribution in [0.15, 0.2) is 12.4 Å². The van der Waals surface area contributed by atoms with Crippen LogP contribution in [0.4, 0.5) is 0 Å². The van der Waals surface area contributed by atoms with Gasteiger partial charge in [0.2, 0.25) is 0 Å². The Balaban J connectivity index is 1.66. The third-order valence-electron chi connectivity index (χ3n) is 6.17. The molecular weight excluding hydrogens is 340 g/mol. The van der Waals surface area contributed by atoms with E-state index in [0.717, 1.165) is 37.8 Å². The number of carbonyl (C=O) groups excluding carboxylic acids is 1. The van der Waals surface area contributed by atoms with E-state index in [1.165, 1.54) is 12.8 Å². The molecule has 0 saturated heterocycles. The molecule has 27 heavy (non-hydrogen) atoms. The number of hydrogen-bond donors (Lipinski definition) is 3. The van der Waals surface area contributed by atoms with Crippen molar-refractivity contribution in [2.75, 3.05) is 0 Å². The van der Waals surface area contributed by atoms with Crippen LogP contribution in [0.5, 0.6) is 0 Å². The molecule has 2 aromatic rings. The Kier molecular flexibility index (Phi) is 4.49. The molecule has 146 valence electrons. The van der Waals surface area contributed by atoms with E-state index >= 15 is 0 Å². The predicted octanol–water partition coefficient (Wildman–Crippen LogP) is 3.68. The van der Waals surface area contributed by atoms with Crippen molar-refractivity contribution in [2.24, 2.45) is 5.92 Å². The lowest BCUT2D eigenvalue weighted by atomic mass is 9.74. The van der Waals surface area contributed by atoms with Gasteiger partial charge >= 0.3 is 0 Å². The molecule has 2 heterocycles. The number of aliphatic hydroxyl groups is 1. The van der Waals surface area contributed by atoms with E-state index in [9.17, 15) is 9.90 Å². The van der Waals surface area contributed by atoms with Gasteiger partial charge in [-0.3, -0.25) is 4.79 Å². The monoisotopic (exact) mass is 370 g/mol. The number of H-pyrrole nitrogens is 1. The van der Waals surface area contributed by atoms with Crippen LogP contribution in [0, 0.1) is 5.92 Å². The minimum absolute atomic E-state index is 0.181. The number of aromatic nitrogens is 3. The summed E-state index contributed by atoms with van der Waals surface area (Å²) in [6.45, 7) is 5.72. The van der Waals surface area contributed by atoms with Crippen molar-refractivity contribution >= 4 is 17.1 Å². The molecule has 6 nitrogen and oxygen atoms in total. The van der Waals surface area contributed by atoms with Crippen molar-refractivity contribution in [3.63, 3.8) is 0 Å². The summed E-state index contributed by atoms with van der Waals surface area (Å²) in [5, 5.41) is 14.2. The summed E-state index contributed by atoms with van der Waals surface area (Å²) >= 11 is 0. The molecule has 2 aliphatic carbocycles. The second-order valence-electron chi connectivity index (χ2n) is 8.96. The van der Waals surface area contributed by atoms with Gasteiger partial charge in [0.15, 0.2) is 5.65 Å². The fourth-order valence-corrected chi connectivity index (χ4v) is 4.10. The number of nitrogens with zero attached hydrogens (tertiary/aromatic N) is 2. The van der Waals surface area contributed by atoms with Crippen molar-refractivity contribution in [1.82, 2.24) is 20.3 Å². The number of nitrogens with one attached hydrogen (secondary N) is 2. The molecule has 2 aromatic heterocycles. The number of fused-ring (bicyclic) bond motifs is 1. The highest BCUT2D eigenvalue weighted by Crippen LogP contribution is 2.43. The zero-order valence-electron chi connectivity index (χ0n) is 16.5. The lowest BCUT2D eigenvalue weighted by Gasteiger charge is -2.44. The Hall–Kier alpha value is -1.95. The normalized spacial score (nSPS) is 19.9. The lowest BCUT2D eigenvalue weighted by molar-refractivity contribution is -0.0314. The molecule has 3 N–H and O–H groups in total. The van der Waals surface area contributed by atoms with Gasteiger partial charge in [0.25, 0.3) is 5.91 Å². The number of carbonyl (C=O) groups is 1. The summed E-state index contributed by atoms with van der Waals surface area (Å²) in [5.74, 6) is 0.894. The second kappa shape index (κ2) is 6.59. The van der Waals surface area contributed by atoms with Gasteiger partial charge in [0.05, 0.1) is 28.6 Å². The number of aromatic amines is 1. The maximum Gasteiger partial charge on any atom is 0.255 e. The molecule has 0 radical (unpaired) electrons. The van der Waals surface area contributed by atoms with Gasteiger partial charge in [-0.25, -0.2) is 9.97 Å². The first kappa shape index (κ1) is 18.4. The van der Waals surface area contributed by atoms with Crippen molar-refractivity contribution in [3.8, 4) is 0 Å². The third-order valence-corrected chi connectivity index (χ3v) is 6.17.